The van der Waals surface area contributed by atoms with Crippen LogP contribution < -0.4 is 26.0 Å². The molecule has 3 nitrogen and oxygen atoms in total. The summed E-state index contributed by atoms with van der Waals surface area (Å²) in [5.74, 6) is 0. The van der Waals surface area contributed by atoms with E-state index in [0.29, 0.717) is 0 Å². The van der Waals surface area contributed by atoms with E-state index in [2.05, 4.69) is 312 Å². The predicted octanol–water partition coefficient (Wildman–Crippen LogP) is 20.0. The molecule has 0 spiro atoms. The second kappa shape index (κ2) is 20.4. The fourth-order valence-electron chi connectivity index (χ4n) is 11.8. The summed E-state index contributed by atoms with van der Waals surface area (Å²) in [6, 6.07) is 92.2. The maximum absolute atomic E-state index is 3.99. The lowest BCUT2D eigenvalue weighted by Gasteiger charge is -2.38. The van der Waals surface area contributed by atoms with Crippen LogP contribution in [0.25, 0.3) is 64.7 Å². The first-order valence-electron chi connectivity index (χ1n) is 28.0. The van der Waals surface area contributed by atoms with E-state index in [0.717, 1.165) is 52.5 Å². The maximum Gasteiger partial charge on any atom is 0.198 e. The first-order valence-corrected chi connectivity index (χ1v) is 28.8. The van der Waals surface area contributed by atoms with Gasteiger partial charge in [0.1, 0.15) is 0 Å². The Bertz CT molecular complexity index is 4170. The van der Waals surface area contributed by atoms with Crippen molar-refractivity contribution in [2.45, 2.75) is 59.3 Å². The van der Waals surface area contributed by atoms with Gasteiger partial charge in [-0.25, -0.2) is 0 Å². The minimum absolute atomic E-state index is 0.0241. The van der Waals surface area contributed by atoms with Gasteiger partial charge in [0.25, 0.3) is 0 Å². The van der Waals surface area contributed by atoms with Crippen LogP contribution in [0, 0.1) is 6.92 Å². The van der Waals surface area contributed by atoms with Gasteiger partial charge in [-0.1, -0.05) is 217 Å². The van der Waals surface area contributed by atoms with Gasteiger partial charge in [-0.2, -0.15) is 0 Å². The molecular formula is C75H64BN3S. The number of anilines is 8. The second-order valence-corrected chi connectivity index (χ2v) is 24.6. The number of nitrogens with zero attached hydrogens (tertiary/aromatic N) is 2. The van der Waals surface area contributed by atoms with E-state index in [4.69, 9.17) is 0 Å². The molecule has 0 bridgehead atoms. The van der Waals surface area contributed by atoms with Gasteiger partial charge in [0.05, 0.1) is 5.69 Å². The zero-order chi connectivity index (χ0) is 54.7. The molecule has 388 valence electrons. The standard InChI is InChI=1S/C75H64BN3S/c1-49-45-54(51-21-13-9-14-22-51)30-44-67(49)79-68-47-61(78(59-37-31-56(32-38-59)74(2,3)4)60-39-33-57(34-40-60)75(5,6)7)41-43-65(68)76-72-64(48-70-71(73(72)79)63-25-17-18-26-69(63)80-70)62-42-29-55(52-23-15-10-16-24-52)46-66(62)77-58-35-27-53(28-36-58)50-19-11-8-12-20-50/h8-48,76-77H,1-7H3. The zero-order valence-corrected chi connectivity index (χ0v) is 47.5. The van der Waals surface area contributed by atoms with E-state index in [1.807, 2.05) is 11.3 Å². The molecule has 0 saturated carbocycles. The zero-order valence-electron chi connectivity index (χ0n) is 46.7. The Balaban J connectivity index is 1.05. The molecule has 11 aromatic carbocycles. The van der Waals surface area contributed by atoms with Crippen molar-refractivity contribution in [1.82, 2.24) is 0 Å². The summed E-state index contributed by atoms with van der Waals surface area (Å²) in [6.45, 7) is 16.0. The van der Waals surface area contributed by atoms with Crippen molar-refractivity contribution in [3.8, 4) is 44.5 Å². The van der Waals surface area contributed by atoms with Crippen LogP contribution in [0.5, 0.6) is 0 Å². The highest BCUT2D eigenvalue weighted by Gasteiger charge is 2.33. The summed E-state index contributed by atoms with van der Waals surface area (Å²) >= 11 is 1.89. The quantitative estimate of drug-likeness (QED) is 0.138. The number of fused-ring (bicyclic) bond motifs is 6. The van der Waals surface area contributed by atoms with Gasteiger partial charge >= 0.3 is 0 Å². The van der Waals surface area contributed by atoms with Crippen LogP contribution in [0.15, 0.2) is 249 Å². The molecule has 0 atom stereocenters. The van der Waals surface area contributed by atoms with Crippen molar-refractivity contribution in [3.05, 3.63) is 265 Å². The SMILES string of the molecule is Cc1cc(-c2ccccc2)ccc1N1c2cc(N(c3ccc(C(C)(C)C)cc3)c3ccc(C(C)(C)C)cc3)ccc2Bc2c(-c3ccc(-c4ccccc4)cc3Nc3ccc(-c4ccccc4)cc3)cc3sc4ccccc4c3c21. The summed E-state index contributed by atoms with van der Waals surface area (Å²) < 4.78 is 2.53. The van der Waals surface area contributed by atoms with Gasteiger partial charge < -0.3 is 15.1 Å². The smallest absolute Gasteiger partial charge is 0.198 e. The van der Waals surface area contributed by atoms with E-state index < -0.39 is 0 Å². The maximum atomic E-state index is 3.99. The largest absolute Gasteiger partial charge is 0.355 e. The van der Waals surface area contributed by atoms with Crippen molar-refractivity contribution >= 4 is 95.2 Å². The minimum atomic E-state index is 0.0241. The van der Waals surface area contributed by atoms with Crippen LogP contribution in [-0.2, 0) is 10.8 Å². The number of hydrogen-bond donors (Lipinski definition) is 1. The van der Waals surface area contributed by atoms with Crippen LogP contribution in [0.2, 0.25) is 0 Å². The number of aryl methyl sites for hydroxylation is 1. The molecule has 1 aromatic heterocycles. The Kier molecular flexibility index (Phi) is 12.9. The van der Waals surface area contributed by atoms with E-state index in [1.165, 1.54) is 92.5 Å². The van der Waals surface area contributed by atoms with Crippen LogP contribution in [-0.4, -0.2) is 7.28 Å². The number of nitrogens with one attached hydrogen (secondary N) is 1. The molecule has 1 N–H and O–H groups in total. The van der Waals surface area contributed by atoms with Crippen molar-refractivity contribution in [2.75, 3.05) is 15.1 Å². The molecular weight excluding hydrogens is 986 g/mol. The number of benzene rings is 11. The molecule has 0 radical (unpaired) electrons. The molecule has 0 saturated heterocycles. The average Bonchev–Trinajstić information content (AvgIpc) is 3.88. The Labute approximate surface area is 476 Å². The third kappa shape index (κ3) is 9.56. The van der Waals surface area contributed by atoms with E-state index >= 15 is 0 Å². The third-order valence-electron chi connectivity index (χ3n) is 16.1. The van der Waals surface area contributed by atoms with Gasteiger partial charge in [-0.3, -0.25) is 0 Å². The van der Waals surface area contributed by atoms with Crippen LogP contribution in [0.4, 0.5) is 45.5 Å². The topological polar surface area (TPSA) is 18.5 Å². The first-order chi connectivity index (χ1) is 38.8. The molecule has 0 aliphatic carbocycles. The fourth-order valence-corrected chi connectivity index (χ4v) is 12.9. The van der Waals surface area contributed by atoms with Crippen LogP contribution in [0.1, 0.15) is 58.2 Å². The van der Waals surface area contributed by atoms with Crippen LogP contribution >= 0.6 is 11.3 Å². The number of hydrogen-bond acceptors (Lipinski definition) is 4. The van der Waals surface area contributed by atoms with E-state index in [9.17, 15) is 0 Å². The highest BCUT2D eigenvalue weighted by Crippen LogP contribution is 2.50. The molecule has 0 fully saturated rings. The van der Waals surface area contributed by atoms with Gasteiger partial charge in [-0.05, 0) is 158 Å². The van der Waals surface area contributed by atoms with Crippen molar-refractivity contribution < 1.29 is 0 Å². The molecule has 1 aliphatic heterocycles. The normalized spacial score (nSPS) is 12.3. The summed E-state index contributed by atoms with van der Waals surface area (Å²) in [5, 5.41) is 6.55. The summed E-state index contributed by atoms with van der Waals surface area (Å²) in [7, 11) is 0.740. The summed E-state index contributed by atoms with van der Waals surface area (Å²) in [5.41, 5.74) is 25.0. The molecule has 0 unspecified atom stereocenters. The minimum Gasteiger partial charge on any atom is -0.355 e. The van der Waals surface area contributed by atoms with E-state index in [-0.39, 0.29) is 10.8 Å². The van der Waals surface area contributed by atoms with Crippen molar-refractivity contribution in [2.24, 2.45) is 0 Å². The van der Waals surface area contributed by atoms with Crippen LogP contribution in [0.3, 0.4) is 0 Å². The molecule has 1 aliphatic rings. The molecule has 12 aromatic rings. The monoisotopic (exact) mass is 1050 g/mol. The number of thiophene rings is 1. The highest BCUT2D eigenvalue weighted by molar-refractivity contribution is 7.26. The van der Waals surface area contributed by atoms with Crippen molar-refractivity contribution in [1.29, 1.82) is 0 Å². The Morgan fingerprint density at radius 2 is 0.938 bits per heavy atom. The van der Waals surface area contributed by atoms with Gasteiger partial charge in [0, 0.05) is 65.5 Å². The number of rotatable bonds is 10. The summed E-state index contributed by atoms with van der Waals surface area (Å²) in [6.07, 6.45) is 0. The van der Waals surface area contributed by atoms with Gasteiger partial charge in [0.15, 0.2) is 7.28 Å². The lowest BCUT2D eigenvalue weighted by atomic mass is 9.57. The molecule has 5 heteroatoms. The molecule has 0 amide bonds. The first kappa shape index (κ1) is 50.6. The molecule has 2 heterocycles. The predicted molar refractivity (Wildman–Crippen MR) is 349 cm³/mol. The Hall–Kier alpha value is -8.90. The summed E-state index contributed by atoms with van der Waals surface area (Å²) in [4.78, 5) is 5.08. The Morgan fingerprint density at radius 3 is 1.52 bits per heavy atom. The van der Waals surface area contributed by atoms with Crippen molar-refractivity contribution in [3.63, 3.8) is 0 Å². The average molecular weight is 1050 g/mol. The van der Waals surface area contributed by atoms with Gasteiger partial charge in [-0.15, -0.1) is 11.3 Å². The lowest BCUT2D eigenvalue weighted by Crippen LogP contribution is -2.41. The fraction of sp³-hybridized carbons (Fsp3) is 0.120. The Morgan fingerprint density at radius 1 is 0.425 bits per heavy atom. The lowest BCUT2D eigenvalue weighted by molar-refractivity contribution is 0.590. The van der Waals surface area contributed by atoms with E-state index in [1.54, 1.807) is 0 Å². The molecule has 13 rings (SSSR count). The van der Waals surface area contributed by atoms with Gasteiger partial charge in [0.2, 0.25) is 0 Å². The highest BCUT2D eigenvalue weighted by atomic mass is 32.1. The second-order valence-electron chi connectivity index (χ2n) is 23.5. The molecule has 80 heavy (non-hydrogen) atoms. The third-order valence-corrected chi connectivity index (χ3v) is 17.2.